The van der Waals surface area contributed by atoms with Crippen molar-refractivity contribution in [3.05, 3.63) is 53.5 Å². The van der Waals surface area contributed by atoms with Gasteiger partial charge < -0.3 is 19.6 Å². The number of amides is 1. The van der Waals surface area contributed by atoms with Gasteiger partial charge in [-0.2, -0.15) is 0 Å². The van der Waals surface area contributed by atoms with E-state index in [1.807, 2.05) is 24.3 Å². The summed E-state index contributed by atoms with van der Waals surface area (Å²) in [6.45, 7) is 0.454. The molecule has 6 nitrogen and oxygen atoms in total. The van der Waals surface area contributed by atoms with Gasteiger partial charge in [-0.1, -0.05) is 31.0 Å². The second-order valence-corrected chi connectivity index (χ2v) is 6.34. The molecule has 0 bridgehead atoms. The Morgan fingerprint density at radius 3 is 2.48 bits per heavy atom. The van der Waals surface area contributed by atoms with Crippen LogP contribution in [0.4, 0.5) is 0 Å². The van der Waals surface area contributed by atoms with Gasteiger partial charge >= 0.3 is 5.97 Å². The molecule has 0 spiro atoms. The van der Waals surface area contributed by atoms with Gasteiger partial charge in [-0.25, -0.2) is 4.79 Å². The summed E-state index contributed by atoms with van der Waals surface area (Å²) < 4.78 is 10.6. The van der Waals surface area contributed by atoms with Crippen molar-refractivity contribution in [2.24, 2.45) is 0 Å². The summed E-state index contributed by atoms with van der Waals surface area (Å²) in [7, 11) is 1.65. The smallest absolute Gasteiger partial charge is 0.371 e. The van der Waals surface area contributed by atoms with Gasteiger partial charge in [-0.15, -0.1) is 0 Å². The van der Waals surface area contributed by atoms with Crippen LogP contribution in [0, 0.1) is 0 Å². The number of methoxy groups -OCH3 is 1. The van der Waals surface area contributed by atoms with Gasteiger partial charge in [-0.3, -0.25) is 4.79 Å². The Bertz CT molecular complexity index is 774. The van der Waals surface area contributed by atoms with Gasteiger partial charge in [0, 0.05) is 17.5 Å². The maximum atomic E-state index is 12.3. The molecule has 1 aromatic carbocycles. The third-order valence-electron chi connectivity index (χ3n) is 4.87. The maximum Gasteiger partial charge on any atom is 0.371 e. The Balaban J connectivity index is 1.78. The van der Waals surface area contributed by atoms with Crippen LogP contribution in [0.2, 0.25) is 0 Å². The van der Waals surface area contributed by atoms with Crippen molar-refractivity contribution in [2.75, 3.05) is 13.7 Å². The highest BCUT2D eigenvalue weighted by Crippen LogP contribution is 2.44. The van der Waals surface area contributed by atoms with Crippen LogP contribution in [-0.2, 0) is 5.41 Å². The zero-order chi connectivity index (χ0) is 17.9. The van der Waals surface area contributed by atoms with Crippen molar-refractivity contribution < 1.29 is 23.8 Å². The molecule has 2 N–H and O–H groups in total. The van der Waals surface area contributed by atoms with Crippen LogP contribution in [0.5, 0.6) is 5.75 Å². The number of furan rings is 1. The molecule has 1 aliphatic rings. The predicted molar refractivity (Wildman–Crippen MR) is 91.1 cm³/mol. The number of hydrogen-bond donors (Lipinski definition) is 2. The number of benzene rings is 1. The summed E-state index contributed by atoms with van der Waals surface area (Å²) in [5.41, 5.74) is 0.922. The van der Waals surface area contributed by atoms with Crippen molar-refractivity contribution >= 4 is 11.9 Å². The summed E-state index contributed by atoms with van der Waals surface area (Å²) in [6, 6.07) is 10.5. The second-order valence-electron chi connectivity index (χ2n) is 6.34. The fourth-order valence-electron chi connectivity index (χ4n) is 3.59. The Hall–Kier alpha value is -2.76. The van der Waals surface area contributed by atoms with Gasteiger partial charge in [0.2, 0.25) is 5.76 Å². The van der Waals surface area contributed by atoms with E-state index in [0.717, 1.165) is 37.0 Å². The zero-order valence-corrected chi connectivity index (χ0v) is 14.1. The van der Waals surface area contributed by atoms with E-state index in [1.54, 1.807) is 7.11 Å². The van der Waals surface area contributed by atoms with E-state index in [4.69, 9.17) is 14.3 Å². The van der Waals surface area contributed by atoms with Gasteiger partial charge in [0.05, 0.1) is 7.11 Å². The van der Waals surface area contributed by atoms with Gasteiger partial charge in [0.15, 0.2) is 5.76 Å². The minimum atomic E-state index is -1.19. The van der Waals surface area contributed by atoms with Gasteiger partial charge in [-0.05, 0) is 31.0 Å². The lowest BCUT2D eigenvalue weighted by Gasteiger charge is -2.31. The first-order valence-electron chi connectivity index (χ1n) is 8.30. The highest BCUT2D eigenvalue weighted by Gasteiger charge is 2.38. The van der Waals surface area contributed by atoms with Crippen LogP contribution in [0.3, 0.4) is 0 Å². The summed E-state index contributed by atoms with van der Waals surface area (Å²) in [5, 5.41) is 11.8. The Morgan fingerprint density at radius 1 is 1.16 bits per heavy atom. The average Bonchev–Trinajstić information content (AvgIpc) is 3.30. The number of hydrogen-bond acceptors (Lipinski definition) is 4. The second kappa shape index (κ2) is 7.01. The molecule has 1 aliphatic carbocycles. The van der Waals surface area contributed by atoms with E-state index in [9.17, 15) is 9.59 Å². The summed E-state index contributed by atoms with van der Waals surface area (Å²) in [4.78, 5) is 23.2. The van der Waals surface area contributed by atoms with E-state index in [-0.39, 0.29) is 16.9 Å². The van der Waals surface area contributed by atoms with Crippen LogP contribution in [0.25, 0.3) is 0 Å². The minimum absolute atomic E-state index is 0.00516. The number of carbonyl (C=O) groups excluding carboxylic acids is 1. The average molecular weight is 343 g/mol. The Morgan fingerprint density at radius 2 is 1.84 bits per heavy atom. The molecular formula is C19H21NO5. The number of carboxylic acid groups (broad SMARTS) is 1. The van der Waals surface area contributed by atoms with E-state index >= 15 is 0 Å². The number of rotatable bonds is 6. The van der Waals surface area contributed by atoms with Crippen molar-refractivity contribution in [1.29, 1.82) is 0 Å². The molecule has 1 aromatic heterocycles. The van der Waals surface area contributed by atoms with Crippen LogP contribution in [-0.4, -0.2) is 30.6 Å². The van der Waals surface area contributed by atoms with E-state index in [1.165, 1.54) is 12.1 Å². The predicted octanol–water partition coefficient (Wildman–Crippen LogP) is 3.23. The SMILES string of the molecule is COc1ccccc1C1(CNC(=O)c2ccc(C(=O)O)o2)CCCC1. The molecule has 0 saturated heterocycles. The van der Waals surface area contributed by atoms with E-state index < -0.39 is 11.9 Å². The van der Waals surface area contributed by atoms with Crippen LogP contribution in [0.1, 0.15) is 52.4 Å². The Labute approximate surface area is 145 Å². The number of carboxylic acids is 1. The monoisotopic (exact) mass is 343 g/mol. The van der Waals surface area contributed by atoms with Crippen LogP contribution < -0.4 is 10.1 Å². The Kier molecular flexibility index (Phi) is 4.79. The molecule has 0 radical (unpaired) electrons. The van der Waals surface area contributed by atoms with Crippen LogP contribution in [0.15, 0.2) is 40.8 Å². The third-order valence-corrected chi connectivity index (χ3v) is 4.87. The number of para-hydroxylation sites is 1. The zero-order valence-electron chi connectivity index (χ0n) is 14.1. The molecule has 0 unspecified atom stereocenters. The topological polar surface area (TPSA) is 88.8 Å². The molecule has 1 fully saturated rings. The quantitative estimate of drug-likeness (QED) is 0.840. The first kappa shape index (κ1) is 17.1. The highest BCUT2D eigenvalue weighted by molar-refractivity contribution is 5.93. The van der Waals surface area contributed by atoms with Gasteiger partial charge in [0.25, 0.3) is 5.91 Å². The summed E-state index contributed by atoms with van der Waals surface area (Å²) in [6.07, 6.45) is 4.12. The number of aromatic carboxylic acids is 1. The molecule has 1 amide bonds. The molecule has 6 heteroatoms. The molecule has 0 aliphatic heterocycles. The first-order valence-corrected chi connectivity index (χ1v) is 8.30. The van der Waals surface area contributed by atoms with Gasteiger partial charge in [0.1, 0.15) is 5.75 Å². The number of carbonyl (C=O) groups is 2. The largest absolute Gasteiger partial charge is 0.496 e. The molecule has 25 heavy (non-hydrogen) atoms. The van der Waals surface area contributed by atoms with E-state index in [2.05, 4.69) is 5.32 Å². The summed E-state index contributed by atoms with van der Waals surface area (Å²) in [5.74, 6) is -1.02. The van der Waals surface area contributed by atoms with Crippen molar-refractivity contribution in [2.45, 2.75) is 31.1 Å². The maximum absolute atomic E-state index is 12.3. The number of nitrogens with one attached hydrogen (secondary N) is 1. The fourth-order valence-corrected chi connectivity index (χ4v) is 3.59. The normalized spacial score (nSPS) is 15.7. The lowest BCUT2D eigenvalue weighted by Crippen LogP contribution is -2.39. The lowest BCUT2D eigenvalue weighted by atomic mass is 9.78. The molecule has 1 saturated carbocycles. The van der Waals surface area contributed by atoms with Crippen molar-refractivity contribution in [1.82, 2.24) is 5.32 Å². The molecule has 2 aromatic rings. The van der Waals surface area contributed by atoms with Crippen molar-refractivity contribution in [3.63, 3.8) is 0 Å². The molecule has 3 rings (SSSR count). The molecule has 0 atom stereocenters. The first-order chi connectivity index (χ1) is 12.1. The fraction of sp³-hybridized carbons (Fsp3) is 0.368. The number of ether oxygens (including phenoxy) is 1. The summed E-state index contributed by atoms with van der Waals surface area (Å²) >= 11 is 0. The lowest BCUT2D eigenvalue weighted by molar-refractivity contribution is 0.0659. The molecule has 132 valence electrons. The third kappa shape index (κ3) is 3.38. The van der Waals surface area contributed by atoms with Crippen LogP contribution >= 0.6 is 0 Å². The molecule has 1 heterocycles. The molecular weight excluding hydrogens is 322 g/mol. The highest BCUT2D eigenvalue weighted by atomic mass is 16.5. The van der Waals surface area contributed by atoms with Crippen molar-refractivity contribution in [3.8, 4) is 5.75 Å². The minimum Gasteiger partial charge on any atom is -0.496 e. The van der Waals surface area contributed by atoms with E-state index in [0.29, 0.717) is 6.54 Å². The standard InChI is InChI=1S/C19H21NO5/c1-24-14-7-3-2-6-13(14)19(10-4-5-11-19)12-20-17(21)15-8-9-16(25-15)18(22)23/h2-3,6-9H,4-5,10-12H2,1H3,(H,20,21)(H,22,23).